The summed E-state index contributed by atoms with van der Waals surface area (Å²) in [4.78, 5) is 23.4. The van der Waals surface area contributed by atoms with E-state index in [0.29, 0.717) is 6.42 Å². The Hall–Kier alpha value is -2.96. The molecular weight excluding hydrogens is 316 g/mol. The minimum absolute atomic E-state index is 0.0252. The first-order chi connectivity index (χ1) is 11.6. The van der Waals surface area contributed by atoms with Gasteiger partial charge in [0.05, 0.1) is 11.3 Å². The number of amides is 3. The van der Waals surface area contributed by atoms with Gasteiger partial charge in [-0.15, -0.1) is 0 Å². The molecule has 0 aliphatic carbocycles. The van der Waals surface area contributed by atoms with Gasteiger partial charge in [-0.05, 0) is 30.7 Å². The Morgan fingerprint density at radius 1 is 0.833 bits per heavy atom. The fraction of sp³-hybridized carbons (Fsp3) is 0.176. The van der Waals surface area contributed by atoms with E-state index in [-0.39, 0.29) is 24.3 Å². The van der Waals surface area contributed by atoms with E-state index in [4.69, 9.17) is 0 Å². The molecule has 0 radical (unpaired) electrons. The van der Waals surface area contributed by atoms with Crippen LogP contribution in [0.4, 0.5) is 19.3 Å². The Balaban J connectivity index is 1.66. The van der Waals surface area contributed by atoms with Crippen LogP contribution >= 0.6 is 0 Å². The molecule has 24 heavy (non-hydrogen) atoms. The molecule has 3 amide bonds. The van der Waals surface area contributed by atoms with Gasteiger partial charge in [-0.3, -0.25) is 4.79 Å². The molecule has 0 saturated carbocycles. The van der Waals surface area contributed by atoms with E-state index < -0.39 is 23.6 Å². The molecule has 7 heteroatoms. The van der Waals surface area contributed by atoms with E-state index in [1.54, 1.807) is 12.1 Å². The fourth-order valence-electron chi connectivity index (χ4n) is 1.96. The lowest BCUT2D eigenvalue weighted by Gasteiger charge is -2.09. The Kier molecular flexibility index (Phi) is 6.24. The summed E-state index contributed by atoms with van der Waals surface area (Å²) in [6.07, 6.45) is 0.449. The third-order valence-corrected chi connectivity index (χ3v) is 3.17. The third-order valence-electron chi connectivity index (χ3n) is 3.17. The second kappa shape index (κ2) is 8.61. The van der Waals surface area contributed by atoms with Gasteiger partial charge in [0.15, 0.2) is 0 Å². The van der Waals surface area contributed by atoms with Gasteiger partial charge >= 0.3 is 6.03 Å². The van der Waals surface area contributed by atoms with Crippen molar-refractivity contribution < 1.29 is 18.4 Å². The molecule has 5 nitrogen and oxygen atoms in total. The molecule has 0 aliphatic rings. The van der Waals surface area contributed by atoms with Crippen molar-refractivity contribution >= 4 is 17.6 Å². The van der Waals surface area contributed by atoms with E-state index in [9.17, 15) is 18.4 Å². The number of para-hydroxylation sites is 1. The van der Waals surface area contributed by atoms with Crippen LogP contribution in [0.1, 0.15) is 16.8 Å². The van der Waals surface area contributed by atoms with Crippen molar-refractivity contribution in [1.29, 1.82) is 0 Å². The zero-order valence-electron chi connectivity index (χ0n) is 12.8. The summed E-state index contributed by atoms with van der Waals surface area (Å²) in [5.41, 5.74) is 0.0608. The number of carbonyl (C=O) groups is 2. The van der Waals surface area contributed by atoms with Crippen LogP contribution in [0.2, 0.25) is 0 Å². The van der Waals surface area contributed by atoms with Crippen LogP contribution in [0.3, 0.4) is 0 Å². The van der Waals surface area contributed by atoms with Crippen LogP contribution in [0, 0.1) is 11.6 Å². The minimum atomic E-state index is -0.586. The van der Waals surface area contributed by atoms with Gasteiger partial charge in [-0.2, -0.15) is 0 Å². The third kappa shape index (κ3) is 5.05. The summed E-state index contributed by atoms with van der Waals surface area (Å²) in [6.45, 7) is 0.547. The van der Waals surface area contributed by atoms with E-state index >= 15 is 0 Å². The summed E-state index contributed by atoms with van der Waals surface area (Å²) in [7, 11) is 0. The lowest BCUT2D eigenvalue weighted by Crippen LogP contribution is -2.32. The molecule has 126 valence electrons. The SMILES string of the molecule is O=C(NCCCNC(=O)c1ccccc1F)Nc1ccccc1F. The molecular formula is C17H17F2N3O2. The maximum absolute atomic E-state index is 13.4. The average Bonchev–Trinajstić information content (AvgIpc) is 2.57. The zero-order chi connectivity index (χ0) is 17.4. The molecule has 3 N–H and O–H groups in total. The van der Waals surface area contributed by atoms with Crippen LogP contribution in [0.25, 0.3) is 0 Å². The highest BCUT2D eigenvalue weighted by atomic mass is 19.1. The number of rotatable bonds is 6. The Labute approximate surface area is 138 Å². The monoisotopic (exact) mass is 333 g/mol. The number of hydrogen-bond donors (Lipinski definition) is 3. The molecule has 0 bridgehead atoms. The lowest BCUT2D eigenvalue weighted by molar-refractivity contribution is 0.0949. The van der Waals surface area contributed by atoms with Crippen LogP contribution in [0.15, 0.2) is 48.5 Å². The Morgan fingerprint density at radius 3 is 2.17 bits per heavy atom. The zero-order valence-corrected chi connectivity index (χ0v) is 12.8. The van der Waals surface area contributed by atoms with E-state index in [1.807, 2.05) is 0 Å². The Bertz CT molecular complexity index is 722. The molecule has 2 rings (SSSR count). The van der Waals surface area contributed by atoms with Crippen LogP contribution in [-0.2, 0) is 0 Å². The predicted octanol–water partition coefficient (Wildman–Crippen LogP) is 2.91. The fourth-order valence-corrected chi connectivity index (χ4v) is 1.96. The summed E-state index contributed by atoms with van der Waals surface area (Å²) < 4.78 is 26.8. The number of nitrogens with one attached hydrogen (secondary N) is 3. The first-order valence-electron chi connectivity index (χ1n) is 7.40. The first-order valence-corrected chi connectivity index (χ1v) is 7.40. The van der Waals surface area contributed by atoms with Crippen LogP contribution in [-0.4, -0.2) is 25.0 Å². The Morgan fingerprint density at radius 2 is 1.46 bits per heavy atom. The summed E-state index contributed by atoms with van der Waals surface area (Å²) >= 11 is 0. The highest BCUT2D eigenvalue weighted by molar-refractivity contribution is 5.94. The van der Waals surface area contributed by atoms with Crippen molar-refractivity contribution in [1.82, 2.24) is 10.6 Å². The number of anilines is 1. The molecule has 0 unspecified atom stereocenters. The number of carbonyl (C=O) groups excluding carboxylic acids is 2. The lowest BCUT2D eigenvalue weighted by atomic mass is 10.2. The van der Waals surface area contributed by atoms with Gasteiger partial charge < -0.3 is 16.0 Å². The highest BCUT2D eigenvalue weighted by Gasteiger charge is 2.10. The summed E-state index contributed by atoms with van der Waals surface area (Å²) in [5, 5.41) is 7.48. The minimum Gasteiger partial charge on any atom is -0.352 e. The topological polar surface area (TPSA) is 70.2 Å². The van der Waals surface area contributed by atoms with Crippen molar-refractivity contribution in [2.45, 2.75) is 6.42 Å². The van der Waals surface area contributed by atoms with Crippen molar-refractivity contribution in [3.63, 3.8) is 0 Å². The molecule has 0 atom stereocenters. The average molecular weight is 333 g/mol. The van der Waals surface area contributed by atoms with Gasteiger partial charge in [0.2, 0.25) is 0 Å². The van der Waals surface area contributed by atoms with E-state index in [2.05, 4.69) is 16.0 Å². The predicted molar refractivity (Wildman–Crippen MR) is 86.8 cm³/mol. The van der Waals surface area contributed by atoms with Crippen molar-refractivity contribution in [3.8, 4) is 0 Å². The molecule has 2 aromatic carbocycles. The van der Waals surface area contributed by atoms with Gasteiger partial charge in [-0.25, -0.2) is 13.6 Å². The maximum atomic E-state index is 13.4. The number of benzene rings is 2. The standard InChI is InChI=1S/C17H17F2N3O2/c18-13-7-2-1-6-12(13)16(23)20-10-5-11-21-17(24)22-15-9-4-3-8-14(15)19/h1-4,6-9H,5,10-11H2,(H,20,23)(H2,21,22,24). The van der Waals surface area contributed by atoms with Gasteiger partial charge in [-0.1, -0.05) is 24.3 Å². The molecule has 2 aromatic rings. The molecule has 0 saturated heterocycles. The number of halogens is 2. The maximum Gasteiger partial charge on any atom is 0.319 e. The number of urea groups is 1. The van der Waals surface area contributed by atoms with E-state index in [1.165, 1.54) is 36.4 Å². The van der Waals surface area contributed by atoms with Crippen LogP contribution < -0.4 is 16.0 Å². The smallest absolute Gasteiger partial charge is 0.319 e. The van der Waals surface area contributed by atoms with Crippen molar-refractivity contribution in [2.75, 3.05) is 18.4 Å². The normalized spacial score (nSPS) is 10.1. The van der Waals surface area contributed by atoms with E-state index in [0.717, 1.165) is 0 Å². The van der Waals surface area contributed by atoms with Gasteiger partial charge in [0.25, 0.3) is 5.91 Å². The summed E-state index contributed by atoms with van der Waals surface area (Å²) in [6, 6.07) is 11.0. The molecule has 0 spiro atoms. The summed E-state index contributed by atoms with van der Waals surface area (Å²) in [5.74, 6) is -1.62. The largest absolute Gasteiger partial charge is 0.352 e. The van der Waals surface area contributed by atoms with Gasteiger partial charge in [0.1, 0.15) is 11.6 Å². The second-order valence-electron chi connectivity index (χ2n) is 4.95. The second-order valence-corrected chi connectivity index (χ2v) is 4.95. The van der Waals surface area contributed by atoms with Crippen molar-refractivity contribution in [3.05, 3.63) is 65.7 Å². The number of hydrogen-bond acceptors (Lipinski definition) is 2. The van der Waals surface area contributed by atoms with Crippen molar-refractivity contribution in [2.24, 2.45) is 0 Å². The molecule has 0 aliphatic heterocycles. The quantitative estimate of drug-likeness (QED) is 0.712. The molecule has 0 aromatic heterocycles. The van der Waals surface area contributed by atoms with Crippen LogP contribution in [0.5, 0.6) is 0 Å². The highest BCUT2D eigenvalue weighted by Crippen LogP contribution is 2.11. The first kappa shape index (κ1) is 17.4. The molecule has 0 fully saturated rings. The molecule has 0 heterocycles. The van der Waals surface area contributed by atoms with Gasteiger partial charge in [0, 0.05) is 13.1 Å².